The minimum absolute atomic E-state index is 0.0975. The molecule has 0 unspecified atom stereocenters. The highest BCUT2D eigenvalue weighted by Gasteiger charge is 2.13. The number of benzene rings is 1. The summed E-state index contributed by atoms with van der Waals surface area (Å²) >= 11 is 0. The van der Waals surface area contributed by atoms with Crippen LogP contribution in [0.4, 0.5) is 18.9 Å². The number of anilines is 1. The molecule has 2 aromatic rings. The number of aryl methyl sites for hydroxylation is 1. The van der Waals surface area contributed by atoms with Gasteiger partial charge in [0.05, 0.1) is 18.5 Å². The van der Waals surface area contributed by atoms with Crippen LogP contribution in [0, 0.1) is 24.4 Å². The summed E-state index contributed by atoms with van der Waals surface area (Å²) in [5, 5.41) is 2.65. The van der Waals surface area contributed by atoms with Crippen LogP contribution in [0.1, 0.15) is 11.3 Å². The molecule has 1 heterocycles. The second kappa shape index (κ2) is 4.53. The van der Waals surface area contributed by atoms with Crippen LogP contribution < -0.4 is 5.32 Å². The lowest BCUT2D eigenvalue weighted by molar-refractivity contribution is 0.448. The molecule has 90 valence electrons. The highest BCUT2D eigenvalue weighted by molar-refractivity contribution is 5.45. The molecule has 0 atom stereocenters. The van der Waals surface area contributed by atoms with E-state index in [-0.39, 0.29) is 12.2 Å². The normalized spacial score (nSPS) is 10.6. The fourth-order valence-electron chi connectivity index (χ4n) is 1.42. The maximum absolute atomic E-state index is 13.3. The Morgan fingerprint density at radius 3 is 2.53 bits per heavy atom. The van der Waals surface area contributed by atoms with Crippen LogP contribution >= 0.6 is 0 Å². The molecule has 0 bridgehead atoms. The minimum Gasteiger partial charge on any atom is -0.467 e. The van der Waals surface area contributed by atoms with Crippen molar-refractivity contribution in [2.24, 2.45) is 0 Å². The molecule has 1 aromatic heterocycles. The van der Waals surface area contributed by atoms with Crippen molar-refractivity contribution in [1.29, 1.82) is 0 Å². The van der Waals surface area contributed by atoms with Crippen molar-refractivity contribution in [3.63, 3.8) is 0 Å². The first-order valence-electron chi connectivity index (χ1n) is 5.00. The standard InChI is InChI=1S/C12H10F3NO/c1-7-4-5-17-10(7)6-16-9-3-2-8(13)11(14)12(9)15/h2-5,16H,6H2,1H3. The van der Waals surface area contributed by atoms with Gasteiger partial charge in [-0.25, -0.2) is 13.2 Å². The van der Waals surface area contributed by atoms with Gasteiger partial charge in [0.1, 0.15) is 5.76 Å². The van der Waals surface area contributed by atoms with E-state index in [2.05, 4.69) is 5.32 Å². The van der Waals surface area contributed by atoms with Crippen LogP contribution in [0.2, 0.25) is 0 Å². The van der Waals surface area contributed by atoms with E-state index in [1.165, 1.54) is 6.26 Å². The van der Waals surface area contributed by atoms with Gasteiger partial charge in [-0.15, -0.1) is 0 Å². The second-order valence-corrected chi connectivity index (χ2v) is 3.60. The Kier molecular flexibility index (Phi) is 3.08. The second-order valence-electron chi connectivity index (χ2n) is 3.60. The van der Waals surface area contributed by atoms with Crippen molar-refractivity contribution >= 4 is 5.69 Å². The third-order valence-electron chi connectivity index (χ3n) is 2.44. The molecule has 5 heteroatoms. The average Bonchev–Trinajstić information content (AvgIpc) is 2.71. The van der Waals surface area contributed by atoms with Crippen LogP contribution in [0.25, 0.3) is 0 Å². The summed E-state index contributed by atoms with van der Waals surface area (Å²) in [5.41, 5.74) is 0.806. The van der Waals surface area contributed by atoms with E-state index >= 15 is 0 Å². The quantitative estimate of drug-likeness (QED) is 0.830. The number of nitrogens with one attached hydrogen (secondary N) is 1. The molecule has 0 radical (unpaired) electrons. The monoisotopic (exact) mass is 241 g/mol. The van der Waals surface area contributed by atoms with Crippen molar-refractivity contribution in [3.8, 4) is 0 Å². The summed E-state index contributed by atoms with van der Waals surface area (Å²) in [6.07, 6.45) is 1.51. The molecule has 0 aliphatic rings. The zero-order valence-corrected chi connectivity index (χ0v) is 9.06. The molecule has 0 aliphatic heterocycles. The fourth-order valence-corrected chi connectivity index (χ4v) is 1.42. The summed E-state index contributed by atoms with van der Waals surface area (Å²) < 4.78 is 44.0. The zero-order chi connectivity index (χ0) is 12.4. The third-order valence-corrected chi connectivity index (χ3v) is 2.44. The summed E-state index contributed by atoms with van der Waals surface area (Å²) in [5.74, 6) is -3.29. The first-order chi connectivity index (χ1) is 8.09. The van der Waals surface area contributed by atoms with Crippen molar-refractivity contribution in [2.75, 3.05) is 5.32 Å². The van der Waals surface area contributed by atoms with Crippen LogP contribution in [-0.2, 0) is 6.54 Å². The van der Waals surface area contributed by atoms with Gasteiger partial charge in [-0.1, -0.05) is 0 Å². The van der Waals surface area contributed by atoms with Gasteiger partial charge in [-0.3, -0.25) is 0 Å². The highest BCUT2D eigenvalue weighted by Crippen LogP contribution is 2.20. The van der Waals surface area contributed by atoms with Crippen molar-refractivity contribution in [2.45, 2.75) is 13.5 Å². The Morgan fingerprint density at radius 1 is 1.12 bits per heavy atom. The van der Waals surface area contributed by atoms with Gasteiger partial charge in [0.15, 0.2) is 17.5 Å². The molecule has 0 aliphatic carbocycles. The minimum atomic E-state index is -1.48. The van der Waals surface area contributed by atoms with Gasteiger partial charge in [-0.2, -0.15) is 0 Å². The highest BCUT2D eigenvalue weighted by atomic mass is 19.2. The molecule has 0 amide bonds. The molecule has 0 spiro atoms. The third kappa shape index (κ3) is 2.27. The van der Waals surface area contributed by atoms with Gasteiger partial charge < -0.3 is 9.73 Å². The SMILES string of the molecule is Cc1ccoc1CNc1ccc(F)c(F)c1F. The maximum atomic E-state index is 13.3. The number of hydrogen-bond acceptors (Lipinski definition) is 2. The van der Waals surface area contributed by atoms with Gasteiger partial charge in [0.2, 0.25) is 0 Å². The Labute approximate surface area is 96.1 Å². The predicted molar refractivity (Wildman–Crippen MR) is 57.1 cm³/mol. The number of furan rings is 1. The fraction of sp³-hybridized carbons (Fsp3) is 0.167. The van der Waals surface area contributed by atoms with Gasteiger partial charge >= 0.3 is 0 Å². The first-order valence-corrected chi connectivity index (χ1v) is 5.00. The predicted octanol–water partition coefficient (Wildman–Crippen LogP) is 3.62. The Morgan fingerprint density at radius 2 is 1.88 bits per heavy atom. The molecule has 0 saturated heterocycles. The Hall–Kier alpha value is -1.91. The smallest absolute Gasteiger partial charge is 0.196 e. The maximum Gasteiger partial charge on any atom is 0.196 e. The van der Waals surface area contributed by atoms with E-state index in [1.54, 1.807) is 6.07 Å². The van der Waals surface area contributed by atoms with Crippen molar-refractivity contribution in [3.05, 3.63) is 53.2 Å². The summed E-state index contributed by atoms with van der Waals surface area (Å²) in [7, 11) is 0. The van der Waals surface area contributed by atoms with Crippen LogP contribution in [-0.4, -0.2) is 0 Å². The van der Waals surface area contributed by atoms with Crippen LogP contribution in [0.15, 0.2) is 28.9 Å². The summed E-state index contributed by atoms with van der Waals surface area (Å²) in [6, 6.07) is 3.78. The summed E-state index contributed by atoms with van der Waals surface area (Å²) in [4.78, 5) is 0. The topological polar surface area (TPSA) is 25.2 Å². The molecule has 1 aromatic carbocycles. The first kappa shape index (κ1) is 11.6. The van der Waals surface area contributed by atoms with Crippen LogP contribution in [0.3, 0.4) is 0 Å². The Bertz CT molecular complexity index is 537. The lowest BCUT2D eigenvalue weighted by atomic mass is 10.2. The van der Waals surface area contributed by atoms with E-state index in [9.17, 15) is 13.2 Å². The Balaban J connectivity index is 2.15. The van der Waals surface area contributed by atoms with E-state index in [1.807, 2.05) is 6.92 Å². The van der Waals surface area contributed by atoms with Gasteiger partial charge in [0, 0.05) is 0 Å². The van der Waals surface area contributed by atoms with E-state index in [0.717, 1.165) is 17.7 Å². The lowest BCUT2D eigenvalue weighted by Crippen LogP contribution is -2.04. The van der Waals surface area contributed by atoms with Crippen molar-refractivity contribution < 1.29 is 17.6 Å². The van der Waals surface area contributed by atoms with E-state index in [0.29, 0.717) is 5.76 Å². The molecule has 2 rings (SSSR count). The van der Waals surface area contributed by atoms with Gasteiger partial charge in [-0.05, 0) is 30.7 Å². The molecule has 17 heavy (non-hydrogen) atoms. The van der Waals surface area contributed by atoms with E-state index in [4.69, 9.17) is 4.42 Å². The number of halogens is 3. The number of hydrogen-bond donors (Lipinski definition) is 1. The summed E-state index contributed by atoms with van der Waals surface area (Å²) in [6.45, 7) is 2.04. The molecular formula is C12H10F3NO. The van der Waals surface area contributed by atoms with Crippen LogP contribution in [0.5, 0.6) is 0 Å². The zero-order valence-electron chi connectivity index (χ0n) is 9.06. The largest absolute Gasteiger partial charge is 0.467 e. The molecule has 1 N–H and O–H groups in total. The molecule has 2 nitrogen and oxygen atoms in total. The average molecular weight is 241 g/mol. The number of rotatable bonds is 3. The van der Waals surface area contributed by atoms with E-state index < -0.39 is 17.5 Å². The molecular weight excluding hydrogens is 231 g/mol. The van der Waals surface area contributed by atoms with Gasteiger partial charge in [0.25, 0.3) is 0 Å². The molecule has 0 saturated carbocycles. The van der Waals surface area contributed by atoms with Crippen molar-refractivity contribution in [1.82, 2.24) is 0 Å². The lowest BCUT2D eigenvalue weighted by Gasteiger charge is -2.07. The molecule has 0 fully saturated rings.